The maximum absolute atomic E-state index is 12.6. The average Bonchev–Trinajstić information content (AvgIpc) is 3.37. The molecule has 1 heterocycles. The molecule has 2 unspecified atom stereocenters. The van der Waals surface area contributed by atoms with E-state index in [-0.39, 0.29) is 5.91 Å². The van der Waals surface area contributed by atoms with Crippen LogP contribution in [0.15, 0.2) is 24.3 Å². The summed E-state index contributed by atoms with van der Waals surface area (Å²) in [6.45, 7) is 3.26. The lowest BCUT2D eigenvalue weighted by molar-refractivity contribution is -0.144. The molecule has 2 aliphatic rings. The number of carboxylic acids is 1. The van der Waals surface area contributed by atoms with E-state index in [0.717, 1.165) is 18.8 Å². The Kier molecular flexibility index (Phi) is 4.55. The predicted octanol–water partition coefficient (Wildman–Crippen LogP) is 2.80. The SMILES string of the molecule is CC1CCN(C(=O)c2ccc(OCC3CC3)cc2)C(C(=O)O)C1. The van der Waals surface area contributed by atoms with E-state index in [9.17, 15) is 14.7 Å². The lowest BCUT2D eigenvalue weighted by atomic mass is 9.92. The first kappa shape index (κ1) is 15.8. The van der Waals surface area contributed by atoms with Gasteiger partial charge in [-0.25, -0.2) is 4.79 Å². The van der Waals surface area contributed by atoms with Crippen LogP contribution >= 0.6 is 0 Å². The highest BCUT2D eigenvalue weighted by molar-refractivity contribution is 5.96. The fourth-order valence-electron chi connectivity index (χ4n) is 2.98. The first-order chi connectivity index (χ1) is 11.0. The van der Waals surface area contributed by atoms with Crippen molar-refractivity contribution in [2.75, 3.05) is 13.2 Å². The van der Waals surface area contributed by atoms with Gasteiger partial charge < -0.3 is 14.7 Å². The van der Waals surface area contributed by atoms with Crippen molar-refractivity contribution in [3.8, 4) is 5.75 Å². The number of carboxylic acid groups (broad SMARTS) is 1. The molecule has 5 nitrogen and oxygen atoms in total. The zero-order valence-corrected chi connectivity index (χ0v) is 13.4. The van der Waals surface area contributed by atoms with Crippen LogP contribution in [0.25, 0.3) is 0 Å². The van der Waals surface area contributed by atoms with Crippen LogP contribution in [0.3, 0.4) is 0 Å². The Morgan fingerprint density at radius 2 is 1.91 bits per heavy atom. The van der Waals surface area contributed by atoms with E-state index in [0.29, 0.717) is 30.4 Å². The van der Waals surface area contributed by atoms with Gasteiger partial charge in [0.05, 0.1) is 6.61 Å². The maximum Gasteiger partial charge on any atom is 0.326 e. The third kappa shape index (κ3) is 3.84. The summed E-state index contributed by atoms with van der Waals surface area (Å²) < 4.78 is 5.66. The Hall–Kier alpha value is -2.04. The Labute approximate surface area is 136 Å². The van der Waals surface area contributed by atoms with Gasteiger partial charge in [0.1, 0.15) is 11.8 Å². The second-order valence-electron chi connectivity index (χ2n) is 6.76. The molecule has 1 aromatic rings. The quantitative estimate of drug-likeness (QED) is 0.907. The Morgan fingerprint density at radius 1 is 1.22 bits per heavy atom. The van der Waals surface area contributed by atoms with Crippen LogP contribution in [0.5, 0.6) is 5.75 Å². The molecular weight excluding hydrogens is 294 g/mol. The molecule has 1 aliphatic carbocycles. The van der Waals surface area contributed by atoms with Crippen molar-refractivity contribution in [2.45, 2.75) is 38.6 Å². The Balaban J connectivity index is 1.66. The number of carbonyl (C=O) groups excluding carboxylic acids is 1. The van der Waals surface area contributed by atoms with E-state index in [1.165, 1.54) is 17.7 Å². The van der Waals surface area contributed by atoms with Crippen LogP contribution in [-0.2, 0) is 4.79 Å². The number of carbonyl (C=O) groups is 2. The number of amides is 1. The molecule has 1 saturated heterocycles. The van der Waals surface area contributed by atoms with Crippen LogP contribution in [-0.4, -0.2) is 41.1 Å². The van der Waals surface area contributed by atoms with Gasteiger partial charge in [-0.05, 0) is 61.8 Å². The minimum Gasteiger partial charge on any atom is -0.493 e. The number of ether oxygens (including phenoxy) is 1. The Bertz CT molecular complexity index is 579. The van der Waals surface area contributed by atoms with Gasteiger partial charge in [0.15, 0.2) is 0 Å². The first-order valence-electron chi connectivity index (χ1n) is 8.31. The number of hydrogen-bond donors (Lipinski definition) is 1. The monoisotopic (exact) mass is 317 g/mol. The molecule has 5 heteroatoms. The van der Waals surface area contributed by atoms with Crippen molar-refractivity contribution in [3.05, 3.63) is 29.8 Å². The summed E-state index contributed by atoms with van der Waals surface area (Å²) in [5, 5.41) is 9.38. The predicted molar refractivity (Wildman–Crippen MR) is 85.5 cm³/mol. The van der Waals surface area contributed by atoms with Gasteiger partial charge >= 0.3 is 5.97 Å². The molecule has 2 atom stereocenters. The standard InChI is InChI=1S/C18H23NO4/c1-12-8-9-19(16(10-12)18(21)22)17(20)14-4-6-15(7-5-14)23-11-13-2-3-13/h4-7,12-13,16H,2-3,8-11H2,1H3,(H,21,22). The summed E-state index contributed by atoms with van der Waals surface area (Å²) in [5.74, 6) is 0.643. The Morgan fingerprint density at radius 3 is 2.52 bits per heavy atom. The minimum atomic E-state index is -0.922. The van der Waals surface area contributed by atoms with Gasteiger partial charge in [0.2, 0.25) is 0 Å². The molecular formula is C18H23NO4. The number of benzene rings is 1. The summed E-state index contributed by atoms with van der Waals surface area (Å²) in [6.07, 6.45) is 3.84. The highest BCUT2D eigenvalue weighted by Crippen LogP contribution is 2.30. The summed E-state index contributed by atoms with van der Waals surface area (Å²) in [6, 6.07) is 6.30. The minimum absolute atomic E-state index is 0.210. The molecule has 1 aliphatic heterocycles. The lowest BCUT2D eigenvalue weighted by Crippen LogP contribution is -2.49. The summed E-state index contributed by atoms with van der Waals surface area (Å²) in [4.78, 5) is 25.6. The molecule has 124 valence electrons. The fraction of sp³-hybridized carbons (Fsp3) is 0.556. The van der Waals surface area contributed by atoms with Crippen LogP contribution in [0.2, 0.25) is 0 Å². The summed E-state index contributed by atoms with van der Waals surface area (Å²) in [7, 11) is 0. The normalized spacial score (nSPS) is 24.3. The van der Waals surface area contributed by atoms with Crippen LogP contribution in [0, 0.1) is 11.8 Å². The lowest BCUT2D eigenvalue weighted by Gasteiger charge is -2.36. The van der Waals surface area contributed by atoms with Gasteiger partial charge in [-0.2, -0.15) is 0 Å². The molecule has 0 aromatic heterocycles. The van der Waals surface area contributed by atoms with E-state index in [2.05, 4.69) is 0 Å². The number of hydrogen-bond acceptors (Lipinski definition) is 3. The third-order valence-electron chi connectivity index (χ3n) is 4.69. The van der Waals surface area contributed by atoms with E-state index in [4.69, 9.17) is 4.74 Å². The second kappa shape index (κ2) is 6.60. The molecule has 0 radical (unpaired) electrons. The molecule has 0 spiro atoms. The largest absolute Gasteiger partial charge is 0.493 e. The van der Waals surface area contributed by atoms with Crippen molar-refractivity contribution in [1.82, 2.24) is 4.90 Å². The molecule has 23 heavy (non-hydrogen) atoms. The summed E-state index contributed by atoms with van der Waals surface area (Å²) in [5.41, 5.74) is 0.518. The second-order valence-corrected chi connectivity index (χ2v) is 6.76. The van der Waals surface area contributed by atoms with E-state index < -0.39 is 12.0 Å². The van der Waals surface area contributed by atoms with Gasteiger partial charge in [-0.15, -0.1) is 0 Å². The smallest absolute Gasteiger partial charge is 0.326 e. The number of nitrogens with zero attached hydrogens (tertiary/aromatic N) is 1. The van der Waals surface area contributed by atoms with Crippen LogP contribution in [0.4, 0.5) is 0 Å². The highest BCUT2D eigenvalue weighted by atomic mass is 16.5. The number of aliphatic carboxylic acids is 1. The van der Waals surface area contributed by atoms with Crippen LogP contribution in [0.1, 0.15) is 43.0 Å². The molecule has 1 aromatic carbocycles. The van der Waals surface area contributed by atoms with Crippen LogP contribution < -0.4 is 4.74 Å². The van der Waals surface area contributed by atoms with Crippen molar-refractivity contribution in [1.29, 1.82) is 0 Å². The van der Waals surface area contributed by atoms with Crippen molar-refractivity contribution in [2.24, 2.45) is 11.8 Å². The molecule has 0 bridgehead atoms. The molecule has 1 amide bonds. The van der Waals surface area contributed by atoms with Crippen molar-refractivity contribution >= 4 is 11.9 Å². The first-order valence-corrected chi connectivity index (χ1v) is 8.31. The van der Waals surface area contributed by atoms with Gasteiger partial charge in [-0.3, -0.25) is 4.79 Å². The van der Waals surface area contributed by atoms with Gasteiger partial charge in [-0.1, -0.05) is 6.92 Å². The van der Waals surface area contributed by atoms with Crippen molar-refractivity contribution in [3.63, 3.8) is 0 Å². The number of likely N-dealkylation sites (tertiary alicyclic amines) is 1. The number of piperidine rings is 1. The van der Waals surface area contributed by atoms with Gasteiger partial charge in [0, 0.05) is 12.1 Å². The highest BCUT2D eigenvalue weighted by Gasteiger charge is 2.35. The molecule has 3 rings (SSSR count). The van der Waals surface area contributed by atoms with Gasteiger partial charge in [0.25, 0.3) is 5.91 Å². The van der Waals surface area contributed by atoms with Crippen molar-refractivity contribution < 1.29 is 19.4 Å². The average molecular weight is 317 g/mol. The topological polar surface area (TPSA) is 66.8 Å². The zero-order chi connectivity index (χ0) is 16.4. The fourth-order valence-corrected chi connectivity index (χ4v) is 2.98. The van der Waals surface area contributed by atoms with E-state index >= 15 is 0 Å². The van der Waals surface area contributed by atoms with E-state index in [1.54, 1.807) is 24.3 Å². The number of rotatable bonds is 5. The molecule has 1 N–H and O–H groups in total. The van der Waals surface area contributed by atoms with E-state index in [1.807, 2.05) is 6.92 Å². The summed E-state index contributed by atoms with van der Waals surface area (Å²) >= 11 is 0. The molecule has 1 saturated carbocycles. The molecule has 2 fully saturated rings. The third-order valence-corrected chi connectivity index (χ3v) is 4.69. The maximum atomic E-state index is 12.6. The zero-order valence-electron chi connectivity index (χ0n) is 13.4.